The molecule has 0 saturated heterocycles. The van der Waals surface area contributed by atoms with E-state index < -0.39 is 10.8 Å². The highest BCUT2D eigenvalue weighted by Gasteiger charge is 2.53. The van der Waals surface area contributed by atoms with Crippen LogP contribution in [0, 0.1) is 0 Å². The number of aromatic nitrogens is 2. The monoisotopic (exact) mass is 1270 g/mol. The van der Waals surface area contributed by atoms with Gasteiger partial charge in [0.2, 0.25) is 0 Å². The van der Waals surface area contributed by atoms with Crippen molar-refractivity contribution in [2.45, 2.75) is 10.8 Å². The van der Waals surface area contributed by atoms with E-state index in [1.54, 1.807) is 0 Å². The van der Waals surface area contributed by atoms with Crippen LogP contribution < -0.4 is 0 Å². The fourth-order valence-corrected chi connectivity index (χ4v) is 18.8. The molecule has 19 aromatic rings. The molecule has 0 fully saturated rings. The zero-order valence-electron chi connectivity index (χ0n) is 53.9. The Balaban J connectivity index is 0.760. The van der Waals surface area contributed by atoms with E-state index in [-0.39, 0.29) is 0 Å². The minimum Gasteiger partial charge on any atom is -0.455 e. The van der Waals surface area contributed by atoms with E-state index in [1.165, 1.54) is 89.0 Å². The third-order valence-electron chi connectivity index (χ3n) is 22.9. The van der Waals surface area contributed by atoms with Gasteiger partial charge in [-0.3, -0.25) is 4.98 Å². The van der Waals surface area contributed by atoms with Gasteiger partial charge in [0, 0.05) is 49.0 Å². The van der Waals surface area contributed by atoms with E-state index in [4.69, 9.17) is 18.8 Å². The Morgan fingerprint density at radius 2 is 0.540 bits per heavy atom. The Morgan fingerprint density at radius 3 is 0.970 bits per heavy atom. The van der Waals surface area contributed by atoms with Gasteiger partial charge in [-0.05, 0) is 188 Å². The molecule has 16 aromatic carbocycles. The van der Waals surface area contributed by atoms with Gasteiger partial charge in [-0.2, -0.15) is 0 Å². The van der Waals surface area contributed by atoms with Crippen molar-refractivity contribution in [3.63, 3.8) is 0 Å². The van der Waals surface area contributed by atoms with Gasteiger partial charge in [0.05, 0.1) is 33.8 Å². The van der Waals surface area contributed by atoms with E-state index in [9.17, 15) is 0 Å². The Hall–Kier alpha value is -13.0. The Bertz CT molecular complexity index is 6620. The molecule has 0 aliphatic heterocycles. The zero-order chi connectivity index (χ0) is 65.1. The first-order chi connectivity index (χ1) is 49.6. The standard InChI is InChI=1S/C96H54N2O2/c1-9-31-80-66(19-1)67-20-2-10-32-81(67)95(80)84-35-13-5-23-70(84)72-45-41-57(52-86(72)95)55-39-43-64-65-44-40-56(58-42-46-73-71-24-6-14-36-85(71)96(87(73)53-58)82-33-11-3-21-68(82)69-22-4-12-34-83(69)96)51-79(65)92-91(78(64)50-55)97-54-88(98-92)61-48-59(62-27-17-29-76-74-25-7-15-37-89(74)99-93(62)76)47-60(49-61)63-28-18-30-77-75-26-8-16-38-90(75)100-94(63)77/h1-54H. The summed E-state index contributed by atoms with van der Waals surface area (Å²) in [6, 6.07) is 119. The number of furan rings is 2. The predicted molar refractivity (Wildman–Crippen MR) is 409 cm³/mol. The molecule has 0 N–H and O–H groups in total. The highest BCUT2D eigenvalue weighted by atomic mass is 16.3. The molecule has 4 heteroatoms. The van der Waals surface area contributed by atoms with E-state index >= 15 is 0 Å². The number of hydrogen-bond donors (Lipinski definition) is 0. The van der Waals surface area contributed by atoms with Crippen molar-refractivity contribution in [2.75, 3.05) is 0 Å². The van der Waals surface area contributed by atoms with Gasteiger partial charge in [-0.1, -0.05) is 267 Å². The molecule has 0 atom stereocenters. The fourth-order valence-electron chi connectivity index (χ4n) is 18.8. The number of rotatable bonds is 5. The molecule has 3 aromatic heterocycles. The van der Waals surface area contributed by atoms with Crippen molar-refractivity contribution in [2.24, 2.45) is 0 Å². The molecular weight excluding hydrogens is 1210 g/mol. The first-order valence-electron chi connectivity index (χ1n) is 34.6. The molecule has 4 aliphatic carbocycles. The topological polar surface area (TPSA) is 52.1 Å². The number of hydrogen-bond acceptors (Lipinski definition) is 4. The molecule has 460 valence electrons. The first-order valence-corrected chi connectivity index (χ1v) is 34.6. The summed E-state index contributed by atoms with van der Waals surface area (Å²) in [5, 5.41) is 8.60. The SMILES string of the molecule is c1ccc2c(c1)-c1ccccc1C21c2ccccc2-c2ccc(-c3ccc4c5ccc(-c6ccc7c(c6)C6(c8ccccc8-c8ccccc86)c6ccccc6-7)cc5c5nc(-c6cc(-c7cccc8c7oc7ccccc78)cc(-c7cccc8c7oc7ccccc78)c6)cnc5c4c3)cc21. The van der Waals surface area contributed by atoms with Crippen molar-refractivity contribution in [1.82, 2.24) is 9.97 Å². The van der Waals surface area contributed by atoms with Crippen molar-refractivity contribution in [3.05, 3.63) is 372 Å². The van der Waals surface area contributed by atoms with Gasteiger partial charge in [-0.25, -0.2) is 4.98 Å². The Kier molecular flexibility index (Phi) is 10.7. The van der Waals surface area contributed by atoms with Crippen LogP contribution in [0.1, 0.15) is 44.5 Å². The van der Waals surface area contributed by atoms with Gasteiger partial charge in [-0.15, -0.1) is 0 Å². The molecule has 0 radical (unpaired) electrons. The Morgan fingerprint density at radius 1 is 0.210 bits per heavy atom. The molecule has 100 heavy (non-hydrogen) atoms. The maximum absolute atomic E-state index is 6.82. The number of para-hydroxylation sites is 4. The lowest BCUT2D eigenvalue weighted by atomic mass is 9.70. The third kappa shape index (κ3) is 7.03. The summed E-state index contributed by atoms with van der Waals surface area (Å²) in [6.45, 7) is 0. The van der Waals surface area contributed by atoms with Crippen molar-refractivity contribution in [1.29, 1.82) is 0 Å². The van der Waals surface area contributed by atoms with Crippen LogP contribution in [-0.2, 0) is 10.8 Å². The van der Waals surface area contributed by atoms with E-state index in [1.807, 2.05) is 18.3 Å². The maximum atomic E-state index is 6.82. The molecule has 0 saturated carbocycles. The van der Waals surface area contributed by atoms with Gasteiger partial charge < -0.3 is 8.83 Å². The van der Waals surface area contributed by atoms with Gasteiger partial charge in [0.25, 0.3) is 0 Å². The number of benzene rings is 16. The van der Waals surface area contributed by atoms with Crippen LogP contribution in [-0.4, -0.2) is 9.97 Å². The summed E-state index contributed by atoms with van der Waals surface area (Å²) in [6.07, 6.45) is 2.00. The maximum Gasteiger partial charge on any atom is 0.143 e. The molecule has 23 rings (SSSR count). The lowest BCUT2D eigenvalue weighted by molar-refractivity contribution is 0.670. The summed E-state index contributed by atoms with van der Waals surface area (Å²) < 4.78 is 13.6. The van der Waals surface area contributed by atoms with Crippen LogP contribution in [0.4, 0.5) is 0 Å². The van der Waals surface area contributed by atoms with E-state index in [0.717, 1.165) is 132 Å². The Labute approximate surface area is 575 Å². The van der Waals surface area contributed by atoms with Crippen LogP contribution >= 0.6 is 0 Å². The number of fused-ring (bicyclic) bond motifs is 32. The van der Waals surface area contributed by atoms with Gasteiger partial charge in [0.1, 0.15) is 22.3 Å². The highest BCUT2D eigenvalue weighted by molar-refractivity contribution is 6.24. The third-order valence-corrected chi connectivity index (χ3v) is 22.9. The summed E-state index contributed by atoms with van der Waals surface area (Å²) in [5.74, 6) is 0. The number of nitrogens with zero attached hydrogens (tertiary/aromatic N) is 2. The van der Waals surface area contributed by atoms with E-state index in [2.05, 4.69) is 309 Å². The molecule has 4 nitrogen and oxygen atoms in total. The normalized spacial score (nSPS) is 13.8. The smallest absolute Gasteiger partial charge is 0.143 e. The van der Waals surface area contributed by atoms with Crippen LogP contribution in [0.2, 0.25) is 0 Å². The quantitative estimate of drug-likeness (QED) is 0.161. The lowest BCUT2D eigenvalue weighted by Gasteiger charge is -2.30. The second kappa shape index (κ2) is 19.8. The van der Waals surface area contributed by atoms with Crippen LogP contribution in [0.25, 0.3) is 177 Å². The average molecular weight is 1270 g/mol. The molecule has 0 bridgehead atoms. The molecule has 0 amide bonds. The second-order valence-electron chi connectivity index (χ2n) is 27.6. The summed E-state index contributed by atoms with van der Waals surface area (Å²) >= 11 is 0. The van der Waals surface area contributed by atoms with Crippen molar-refractivity contribution in [3.8, 4) is 100 Å². The highest BCUT2D eigenvalue weighted by Crippen LogP contribution is 2.65. The molecule has 4 aliphatic rings. The minimum atomic E-state index is -0.484. The van der Waals surface area contributed by atoms with Crippen LogP contribution in [0.3, 0.4) is 0 Å². The molecule has 0 unspecified atom stereocenters. The zero-order valence-corrected chi connectivity index (χ0v) is 53.9. The second-order valence-corrected chi connectivity index (χ2v) is 27.6. The van der Waals surface area contributed by atoms with Gasteiger partial charge >= 0.3 is 0 Å². The average Bonchev–Trinajstić information content (AvgIpc) is 1.51. The summed E-state index contributed by atoms with van der Waals surface area (Å²) in [4.78, 5) is 11.7. The van der Waals surface area contributed by atoms with Crippen LogP contribution in [0.5, 0.6) is 0 Å². The summed E-state index contributed by atoms with van der Waals surface area (Å²) in [5.41, 5.74) is 35.1. The lowest BCUT2D eigenvalue weighted by Crippen LogP contribution is -2.25. The van der Waals surface area contributed by atoms with Gasteiger partial charge in [0.15, 0.2) is 0 Å². The molecule has 3 heterocycles. The van der Waals surface area contributed by atoms with Crippen LogP contribution in [0.15, 0.2) is 337 Å². The van der Waals surface area contributed by atoms with Crippen molar-refractivity contribution >= 4 is 76.5 Å². The van der Waals surface area contributed by atoms with E-state index in [0.29, 0.717) is 0 Å². The fraction of sp³-hybridized carbons (Fsp3) is 0.0208. The molecule has 2 spiro atoms. The van der Waals surface area contributed by atoms with Crippen molar-refractivity contribution < 1.29 is 8.83 Å². The largest absolute Gasteiger partial charge is 0.455 e. The summed E-state index contributed by atoms with van der Waals surface area (Å²) in [7, 11) is 0. The minimum absolute atomic E-state index is 0.474. The molecular formula is C96H54N2O2. The first kappa shape index (κ1) is 54.1. The predicted octanol–water partition coefficient (Wildman–Crippen LogP) is 24.8.